The Balaban J connectivity index is 2.52. The van der Waals surface area contributed by atoms with Gasteiger partial charge < -0.3 is 9.84 Å². The third-order valence-electron chi connectivity index (χ3n) is 2.85. The number of pyridine rings is 1. The molecule has 3 nitrogen and oxygen atoms in total. The van der Waals surface area contributed by atoms with E-state index < -0.39 is 36.0 Å². The van der Waals surface area contributed by atoms with Gasteiger partial charge in [0.15, 0.2) is 0 Å². The molecule has 0 bridgehead atoms. The Morgan fingerprint density at radius 3 is 2.26 bits per heavy atom. The summed E-state index contributed by atoms with van der Waals surface area (Å²) < 4.78 is 79.2. The van der Waals surface area contributed by atoms with Crippen LogP contribution in [0.3, 0.4) is 0 Å². The zero-order chi connectivity index (χ0) is 17.3. The van der Waals surface area contributed by atoms with E-state index in [0.717, 1.165) is 12.1 Å². The van der Waals surface area contributed by atoms with Crippen LogP contribution in [-0.2, 0) is 12.8 Å². The van der Waals surface area contributed by atoms with Crippen LogP contribution in [0, 0.1) is 0 Å². The van der Waals surface area contributed by atoms with Crippen LogP contribution in [0.2, 0.25) is 0 Å². The van der Waals surface area contributed by atoms with E-state index in [1.54, 1.807) is 0 Å². The second-order valence-electron chi connectivity index (χ2n) is 4.43. The average Bonchev–Trinajstić information content (AvgIpc) is 2.44. The summed E-state index contributed by atoms with van der Waals surface area (Å²) in [7, 11) is 0. The molecule has 1 N–H and O–H groups in total. The lowest BCUT2D eigenvalue weighted by molar-refractivity contribution is -0.274. The van der Waals surface area contributed by atoms with Crippen LogP contribution in [-0.4, -0.2) is 16.5 Å². The molecule has 1 aromatic carbocycles. The SMILES string of the molecule is OCc1cc(-c2ccccc2OC(F)(F)F)ncc1C(F)(F)F. The summed E-state index contributed by atoms with van der Waals surface area (Å²) in [6.45, 7) is -0.938. The molecule has 0 unspecified atom stereocenters. The second-order valence-corrected chi connectivity index (χ2v) is 4.43. The van der Waals surface area contributed by atoms with Crippen molar-refractivity contribution < 1.29 is 36.2 Å². The molecule has 23 heavy (non-hydrogen) atoms. The highest BCUT2D eigenvalue weighted by atomic mass is 19.4. The summed E-state index contributed by atoms with van der Waals surface area (Å²) in [5.74, 6) is -0.601. The van der Waals surface area contributed by atoms with Crippen molar-refractivity contribution in [3.05, 3.63) is 47.7 Å². The summed E-state index contributed by atoms with van der Waals surface area (Å²) >= 11 is 0. The number of halogens is 6. The van der Waals surface area contributed by atoms with Crippen LogP contribution < -0.4 is 4.74 Å². The van der Waals surface area contributed by atoms with Crippen LogP contribution in [0.25, 0.3) is 11.3 Å². The normalized spacial score (nSPS) is 12.3. The van der Waals surface area contributed by atoms with Crippen LogP contribution in [0.4, 0.5) is 26.3 Å². The van der Waals surface area contributed by atoms with E-state index in [1.165, 1.54) is 18.2 Å². The lowest BCUT2D eigenvalue weighted by Crippen LogP contribution is -2.17. The van der Waals surface area contributed by atoms with Crippen molar-refractivity contribution in [1.29, 1.82) is 0 Å². The molecule has 0 atom stereocenters. The number of rotatable bonds is 3. The first kappa shape index (κ1) is 17.1. The molecule has 0 saturated carbocycles. The summed E-state index contributed by atoms with van der Waals surface area (Å²) in [4.78, 5) is 3.54. The molecule has 2 rings (SSSR count). The van der Waals surface area contributed by atoms with Gasteiger partial charge in [-0.3, -0.25) is 4.98 Å². The molecule has 0 fully saturated rings. The van der Waals surface area contributed by atoms with Crippen molar-refractivity contribution >= 4 is 0 Å². The summed E-state index contributed by atoms with van der Waals surface area (Å²) in [5, 5.41) is 9.07. The van der Waals surface area contributed by atoms with Gasteiger partial charge in [0, 0.05) is 11.8 Å². The van der Waals surface area contributed by atoms with E-state index in [1.807, 2.05) is 0 Å². The third kappa shape index (κ3) is 4.13. The van der Waals surface area contributed by atoms with E-state index in [0.29, 0.717) is 6.20 Å². The fourth-order valence-electron chi connectivity index (χ4n) is 1.92. The average molecular weight is 337 g/mol. The topological polar surface area (TPSA) is 42.4 Å². The van der Waals surface area contributed by atoms with Gasteiger partial charge in [-0.05, 0) is 23.8 Å². The molecule has 0 spiro atoms. The number of hydrogen-bond acceptors (Lipinski definition) is 3. The molecule has 1 heterocycles. The quantitative estimate of drug-likeness (QED) is 0.856. The first-order valence-electron chi connectivity index (χ1n) is 6.14. The molecular weight excluding hydrogens is 328 g/mol. The maximum atomic E-state index is 12.7. The maximum absolute atomic E-state index is 12.7. The van der Waals surface area contributed by atoms with Crippen LogP contribution in [0.15, 0.2) is 36.5 Å². The predicted octanol–water partition coefficient (Wildman–Crippen LogP) is 4.16. The largest absolute Gasteiger partial charge is 0.573 e. The number of aromatic nitrogens is 1. The van der Waals surface area contributed by atoms with Gasteiger partial charge in [0.2, 0.25) is 0 Å². The molecular formula is C14H9F6NO2. The molecule has 0 aliphatic heterocycles. The van der Waals surface area contributed by atoms with E-state index in [4.69, 9.17) is 5.11 Å². The Labute approximate surface area is 126 Å². The fourth-order valence-corrected chi connectivity index (χ4v) is 1.92. The molecule has 0 saturated heterocycles. The van der Waals surface area contributed by atoms with Gasteiger partial charge in [-0.1, -0.05) is 12.1 Å². The van der Waals surface area contributed by atoms with E-state index in [9.17, 15) is 26.3 Å². The minimum atomic E-state index is -4.96. The summed E-state index contributed by atoms with van der Waals surface area (Å²) in [5.41, 5.74) is -1.97. The molecule has 0 aliphatic rings. The molecule has 0 amide bonds. The van der Waals surface area contributed by atoms with E-state index in [-0.39, 0.29) is 11.3 Å². The molecule has 0 aliphatic carbocycles. The van der Waals surface area contributed by atoms with Gasteiger partial charge in [0.25, 0.3) is 0 Å². The van der Waals surface area contributed by atoms with Gasteiger partial charge in [-0.2, -0.15) is 13.2 Å². The second kappa shape index (κ2) is 6.07. The first-order chi connectivity index (χ1) is 10.6. The Hall–Kier alpha value is -2.29. The van der Waals surface area contributed by atoms with Gasteiger partial charge in [-0.15, -0.1) is 13.2 Å². The Morgan fingerprint density at radius 2 is 1.70 bits per heavy atom. The predicted molar refractivity (Wildman–Crippen MR) is 67.3 cm³/mol. The number of benzene rings is 1. The maximum Gasteiger partial charge on any atom is 0.573 e. The highest BCUT2D eigenvalue weighted by Crippen LogP contribution is 2.36. The molecule has 2 aromatic rings. The Morgan fingerprint density at radius 1 is 1.04 bits per heavy atom. The number of alkyl halides is 6. The smallest absolute Gasteiger partial charge is 0.405 e. The first-order valence-corrected chi connectivity index (χ1v) is 6.14. The van der Waals surface area contributed by atoms with Gasteiger partial charge in [-0.25, -0.2) is 0 Å². The van der Waals surface area contributed by atoms with Crippen LogP contribution in [0.1, 0.15) is 11.1 Å². The Kier molecular flexibility index (Phi) is 4.51. The van der Waals surface area contributed by atoms with Crippen molar-refractivity contribution in [2.45, 2.75) is 19.1 Å². The van der Waals surface area contributed by atoms with Crippen LogP contribution >= 0.6 is 0 Å². The molecule has 1 aromatic heterocycles. The highest BCUT2D eigenvalue weighted by Gasteiger charge is 2.35. The van der Waals surface area contributed by atoms with Crippen molar-refractivity contribution in [2.24, 2.45) is 0 Å². The molecule has 0 radical (unpaired) electrons. The van der Waals surface area contributed by atoms with E-state index in [2.05, 4.69) is 9.72 Å². The fraction of sp³-hybridized carbons (Fsp3) is 0.214. The zero-order valence-electron chi connectivity index (χ0n) is 11.2. The standard InChI is InChI=1S/C14H9F6NO2/c15-13(16,17)10-6-21-11(5-8(10)7-22)9-3-1-2-4-12(9)23-14(18,19)20/h1-6,22H,7H2. The van der Waals surface area contributed by atoms with Crippen LogP contribution in [0.5, 0.6) is 5.75 Å². The van der Waals surface area contributed by atoms with E-state index >= 15 is 0 Å². The van der Waals surface area contributed by atoms with Crippen molar-refractivity contribution in [3.8, 4) is 17.0 Å². The van der Waals surface area contributed by atoms with Crippen molar-refractivity contribution in [2.75, 3.05) is 0 Å². The number of aliphatic hydroxyl groups is 1. The van der Waals surface area contributed by atoms with Gasteiger partial charge >= 0.3 is 12.5 Å². The third-order valence-corrected chi connectivity index (χ3v) is 2.85. The van der Waals surface area contributed by atoms with Crippen molar-refractivity contribution in [3.63, 3.8) is 0 Å². The lowest BCUT2D eigenvalue weighted by Gasteiger charge is -2.15. The number of nitrogens with zero attached hydrogens (tertiary/aromatic N) is 1. The number of para-hydroxylation sites is 1. The zero-order valence-corrected chi connectivity index (χ0v) is 11.2. The number of hydrogen-bond donors (Lipinski definition) is 1. The number of aliphatic hydroxyl groups excluding tert-OH is 1. The lowest BCUT2D eigenvalue weighted by atomic mass is 10.0. The molecule has 124 valence electrons. The highest BCUT2D eigenvalue weighted by molar-refractivity contribution is 5.68. The van der Waals surface area contributed by atoms with Gasteiger partial charge in [0.05, 0.1) is 17.9 Å². The number of ether oxygens (including phenoxy) is 1. The summed E-state index contributed by atoms with van der Waals surface area (Å²) in [6, 6.07) is 5.78. The minimum Gasteiger partial charge on any atom is -0.405 e. The van der Waals surface area contributed by atoms with Crippen molar-refractivity contribution in [1.82, 2.24) is 4.98 Å². The monoisotopic (exact) mass is 337 g/mol. The minimum absolute atomic E-state index is 0.145. The summed E-state index contributed by atoms with van der Waals surface area (Å²) in [6.07, 6.45) is -9.22. The van der Waals surface area contributed by atoms with Gasteiger partial charge in [0.1, 0.15) is 5.75 Å². The Bertz CT molecular complexity index is 696. The molecule has 9 heteroatoms.